The van der Waals surface area contributed by atoms with Gasteiger partial charge in [-0.25, -0.2) is 9.13 Å². The number of esters is 4. The van der Waals surface area contributed by atoms with E-state index in [1.807, 2.05) is 0 Å². The van der Waals surface area contributed by atoms with Gasteiger partial charge in [0.1, 0.15) is 19.3 Å². The van der Waals surface area contributed by atoms with Crippen molar-refractivity contribution in [1.82, 2.24) is 0 Å². The van der Waals surface area contributed by atoms with Crippen molar-refractivity contribution in [2.45, 2.75) is 341 Å². The highest BCUT2D eigenvalue weighted by atomic mass is 31.2. The second-order valence-corrected chi connectivity index (χ2v) is 25.7. The quantitative estimate of drug-likeness (QED) is 0.0222. The molecule has 0 radical (unpaired) electrons. The Morgan fingerprint density at radius 2 is 0.488 bits per heavy atom. The number of rotatable bonds is 64. The second-order valence-electron chi connectivity index (χ2n) is 22.8. The van der Waals surface area contributed by atoms with Gasteiger partial charge in [0.05, 0.1) is 26.4 Å². The van der Waals surface area contributed by atoms with E-state index in [0.29, 0.717) is 25.7 Å². The lowest BCUT2D eigenvalue weighted by atomic mass is 10.0. The zero-order valence-electron chi connectivity index (χ0n) is 52.5. The van der Waals surface area contributed by atoms with Gasteiger partial charge >= 0.3 is 39.5 Å². The van der Waals surface area contributed by atoms with E-state index in [4.69, 9.17) is 37.0 Å². The third kappa shape index (κ3) is 57.2. The van der Waals surface area contributed by atoms with Gasteiger partial charge in [0.2, 0.25) is 0 Å². The van der Waals surface area contributed by atoms with Crippen LogP contribution in [0.5, 0.6) is 0 Å². The van der Waals surface area contributed by atoms with Crippen molar-refractivity contribution in [2.75, 3.05) is 39.6 Å². The maximum atomic E-state index is 13.0. The largest absolute Gasteiger partial charge is 0.472 e. The molecule has 5 atom stereocenters. The molecule has 17 nitrogen and oxygen atoms in total. The van der Waals surface area contributed by atoms with Crippen molar-refractivity contribution >= 4 is 39.5 Å². The summed E-state index contributed by atoms with van der Waals surface area (Å²) in [5, 5.41) is 10.5. The van der Waals surface area contributed by atoms with E-state index in [9.17, 15) is 43.2 Å². The summed E-state index contributed by atoms with van der Waals surface area (Å²) in [6.45, 7) is 4.83. The van der Waals surface area contributed by atoms with Gasteiger partial charge in [-0.05, 0) is 25.7 Å². The molecule has 0 aliphatic rings. The van der Waals surface area contributed by atoms with E-state index in [1.54, 1.807) is 0 Å². The van der Waals surface area contributed by atoms with Gasteiger partial charge in [0.15, 0.2) is 12.2 Å². The number of aliphatic hydroxyl groups excluding tert-OH is 1. The molecule has 19 heteroatoms. The van der Waals surface area contributed by atoms with Crippen LogP contribution in [-0.4, -0.2) is 96.7 Å². The molecular weight excluding hydrogens is 1090 g/mol. The minimum Gasteiger partial charge on any atom is -0.462 e. The molecule has 0 fully saturated rings. The van der Waals surface area contributed by atoms with Crippen LogP contribution in [0, 0.1) is 0 Å². The first-order chi connectivity index (χ1) is 39.7. The number of hydrogen-bond acceptors (Lipinski definition) is 15. The Morgan fingerprint density at radius 1 is 0.293 bits per heavy atom. The average Bonchev–Trinajstić information content (AvgIpc) is 3.47. The van der Waals surface area contributed by atoms with Gasteiger partial charge in [-0.15, -0.1) is 0 Å². The Labute approximate surface area is 498 Å². The number of hydrogen-bond donors (Lipinski definition) is 3. The summed E-state index contributed by atoms with van der Waals surface area (Å²) in [6, 6.07) is 0. The number of aliphatic hydroxyl groups is 1. The van der Waals surface area contributed by atoms with E-state index >= 15 is 0 Å². The first-order valence-corrected chi connectivity index (χ1v) is 36.3. The molecule has 0 aromatic heterocycles. The molecule has 82 heavy (non-hydrogen) atoms. The lowest BCUT2D eigenvalue weighted by molar-refractivity contribution is -0.161. The molecule has 3 N–H and O–H groups in total. The zero-order chi connectivity index (χ0) is 60.5. The van der Waals surface area contributed by atoms with Crippen LogP contribution in [-0.2, 0) is 65.4 Å². The van der Waals surface area contributed by atoms with Crippen molar-refractivity contribution in [3.63, 3.8) is 0 Å². The molecule has 0 aliphatic carbocycles. The van der Waals surface area contributed by atoms with Gasteiger partial charge in [0.25, 0.3) is 0 Å². The summed E-state index contributed by atoms with van der Waals surface area (Å²) in [7, 11) is -9.87. The van der Waals surface area contributed by atoms with Crippen molar-refractivity contribution in [1.29, 1.82) is 0 Å². The van der Waals surface area contributed by atoms with E-state index in [2.05, 4.69) is 27.7 Å². The Morgan fingerprint density at radius 3 is 0.720 bits per heavy atom. The molecular formula is C63H122O17P2. The lowest BCUT2D eigenvalue weighted by Gasteiger charge is -2.21. The number of unbranched alkanes of at least 4 members (excludes halogenated alkanes) is 38. The lowest BCUT2D eigenvalue weighted by Crippen LogP contribution is -2.30. The molecule has 0 spiro atoms. The standard InChI is InChI=1S/C63H122O17P2/c1-5-9-13-17-21-24-26-28-30-32-34-38-42-46-50-63(68)80-59(54-74-61(66)48-44-40-37-33-31-29-27-25-22-18-14-10-6-2)56-78-82(71,72)76-52-57(64)51-75-81(69,70)77-55-58(53-73-60(65)47-43-39-35-20-16-12-8-4)79-62(67)49-45-41-36-23-19-15-11-7-3/h57-59,64H,5-56H2,1-4H3,(H,69,70)(H,71,72)/t57-,58+,59+/m0/s1. The second kappa shape index (κ2) is 58.1. The maximum Gasteiger partial charge on any atom is 0.472 e. The van der Waals surface area contributed by atoms with Gasteiger partial charge in [-0.1, -0.05) is 272 Å². The van der Waals surface area contributed by atoms with Crippen molar-refractivity contribution < 1.29 is 80.2 Å². The highest BCUT2D eigenvalue weighted by Gasteiger charge is 2.30. The summed E-state index contributed by atoms with van der Waals surface area (Å²) < 4.78 is 67.8. The van der Waals surface area contributed by atoms with Crippen LogP contribution in [0.4, 0.5) is 0 Å². The van der Waals surface area contributed by atoms with E-state index in [0.717, 1.165) is 109 Å². The number of carbonyl (C=O) groups is 4. The maximum absolute atomic E-state index is 13.0. The zero-order valence-corrected chi connectivity index (χ0v) is 54.2. The monoisotopic (exact) mass is 1210 g/mol. The highest BCUT2D eigenvalue weighted by molar-refractivity contribution is 7.47. The summed E-state index contributed by atoms with van der Waals surface area (Å²) in [4.78, 5) is 72.0. The first-order valence-electron chi connectivity index (χ1n) is 33.3. The van der Waals surface area contributed by atoms with Gasteiger partial charge in [-0.2, -0.15) is 0 Å². The topological polar surface area (TPSA) is 237 Å². The molecule has 0 amide bonds. The average molecular weight is 1210 g/mol. The van der Waals surface area contributed by atoms with E-state index < -0.39 is 97.5 Å². The summed E-state index contributed by atoms with van der Waals surface area (Å²) in [5.74, 6) is -2.14. The van der Waals surface area contributed by atoms with Crippen molar-refractivity contribution in [2.24, 2.45) is 0 Å². The third-order valence-corrected chi connectivity index (χ3v) is 16.5. The fraction of sp³-hybridized carbons (Fsp3) is 0.937. The highest BCUT2D eigenvalue weighted by Crippen LogP contribution is 2.45. The van der Waals surface area contributed by atoms with E-state index in [-0.39, 0.29) is 25.7 Å². The molecule has 0 aliphatic heterocycles. The Kier molecular flexibility index (Phi) is 56.7. The SMILES string of the molecule is CCCCCCCCCCCCCCCCC(=O)O[C@H](COC(=O)CCCCCCCCCCCCCCC)COP(=O)(O)OC[C@@H](O)COP(=O)(O)OC[C@@H](COC(=O)CCCCCCCCC)OC(=O)CCCCCCCCCC. The number of ether oxygens (including phenoxy) is 4. The molecule has 0 saturated heterocycles. The smallest absolute Gasteiger partial charge is 0.462 e. The predicted molar refractivity (Wildman–Crippen MR) is 326 cm³/mol. The first kappa shape index (κ1) is 80.1. The van der Waals surface area contributed by atoms with Crippen LogP contribution < -0.4 is 0 Å². The van der Waals surface area contributed by atoms with Gasteiger partial charge in [0, 0.05) is 25.7 Å². The van der Waals surface area contributed by atoms with Crippen LogP contribution in [0.15, 0.2) is 0 Å². The molecule has 0 aromatic rings. The normalized spacial score (nSPS) is 14.2. The van der Waals surface area contributed by atoms with Gasteiger partial charge in [-0.3, -0.25) is 37.3 Å². The fourth-order valence-electron chi connectivity index (χ4n) is 9.46. The fourth-order valence-corrected chi connectivity index (χ4v) is 11.0. The molecule has 0 rings (SSSR count). The number of carbonyl (C=O) groups excluding carboxylic acids is 4. The van der Waals surface area contributed by atoms with Crippen molar-refractivity contribution in [3.8, 4) is 0 Å². The summed E-state index contributed by atoms with van der Waals surface area (Å²) in [6.07, 6.45) is 43.1. The van der Waals surface area contributed by atoms with Gasteiger partial charge < -0.3 is 33.8 Å². The Balaban J connectivity index is 5.19. The molecule has 0 bridgehead atoms. The molecule has 0 heterocycles. The van der Waals surface area contributed by atoms with Crippen LogP contribution >= 0.6 is 15.6 Å². The van der Waals surface area contributed by atoms with E-state index in [1.165, 1.54) is 135 Å². The number of phosphoric ester groups is 2. The molecule has 2 unspecified atom stereocenters. The molecule has 0 aromatic carbocycles. The Hall–Kier alpha value is -1.94. The summed E-state index contributed by atoms with van der Waals surface area (Å²) >= 11 is 0. The van der Waals surface area contributed by atoms with Crippen LogP contribution in [0.3, 0.4) is 0 Å². The van der Waals surface area contributed by atoms with Crippen molar-refractivity contribution in [3.05, 3.63) is 0 Å². The number of phosphoric acid groups is 2. The Bertz CT molecular complexity index is 1590. The van der Waals surface area contributed by atoms with Crippen LogP contribution in [0.25, 0.3) is 0 Å². The minimum absolute atomic E-state index is 0.105. The molecule has 0 saturated carbocycles. The van der Waals surface area contributed by atoms with Crippen LogP contribution in [0.1, 0.15) is 323 Å². The van der Waals surface area contributed by atoms with Crippen LogP contribution in [0.2, 0.25) is 0 Å². The minimum atomic E-state index is -4.94. The predicted octanol–water partition coefficient (Wildman–Crippen LogP) is 17.5. The summed E-state index contributed by atoms with van der Waals surface area (Å²) in [5.41, 5.74) is 0. The third-order valence-electron chi connectivity index (χ3n) is 14.6. The molecule has 486 valence electrons.